The second-order valence-electron chi connectivity index (χ2n) is 19.7. The molecule has 0 unspecified atom stereocenters. The van der Waals surface area contributed by atoms with Crippen molar-refractivity contribution in [2.24, 2.45) is 23.2 Å². The van der Waals surface area contributed by atoms with E-state index in [0.29, 0.717) is 58.1 Å². The third-order valence-electron chi connectivity index (χ3n) is 14.9. The number of aromatic amines is 2. The van der Waals surface area contributed by atoms with Crippen LogP contribution in [0.2, 0.25) is 0 Å². The molecule has 2 saturated carbocycles. The molecule has 10 rings (SSSR count). The number of carboxylic acid groups (broad SMARTS) is 1. The van der Waals surface area contributed by atoms with Crippen molar-refractivity contribution in [1.29, 1.82) is 0 Å². The van der Waals surface area contributed by atoms with E-state index in [-0.39, 0.29) is 58.2 Å². The molecule has 340 valence electrons. The first-order valence-electron chi connectivity index (χ1n) is 22.6. The molecule has 4 fully saturated rings. The molecule has 14 nitrogen and oxygen atoms in total. The Bertz CT molecular complexity index is 2760. The summed E-state index contributed by atoms with van der Waals surface area (Å²) in [6, 6.07) is 13.6. The van der Waals surface area contributed by atoms with E-state index >= 15 is 8.78 Å². The molecular formula is C49H54F2N8O6. The molecule has 5 aliphatic rings. The van der Waals surface area contributed by atoms with Crippen LogP contribution in [-0.4, -0.2) is 103 Å². The van der Waals surface area contributed by atoms with Gasteiger partial charge in [-0.15, -0.1) is 0 Å². The van der Waals surface area contributed by atoms with Gasteiger partial charge in [-0.2, -0.15) is 8.78 Å². The molecule has 1 spiro atoms. The van der Waals surface area contributed by atoms with Crippen molar-refractivity contribution in [1.82, 2.24) is 40.0 Å². The first-order chi connectivity index (χ1) is 31.0. The highest BCUT2D eigenvalue weighted by atomic mass is 19.3. The van der Waals surface area contributed by atoms with Gasteiger partial charge < -0.3 is 34.9 Å². The number of imidazole rings is 2. The van der Waals surface area contributed by atoms with Gasteiger partial charge in [0.1, 0.15) is 23.7 Å². The van der Waals surface area contributed by atoms with Gasteiger partial charge in [0.05, 0.1) is 42.1 Å². The van der Waals surface area contributed by atoms with Crippen molar-refractivity contribution in [3.8, 4) is 33.5 Å². The van der Waals surface area contributed by atoms with Crippen LogP contribution < -0.4 is 5.32 Å². The number of nitrogens with zero attached hydrogens (tertiary/aromatic N) is 5. The summed E-state index contributed by atoms with van der Waals surface area (Å²) in [5, 5.41) is 12.5. The zero-order chi connectivity index (χ0) is 45.9. The summed E-state index contributed by atoms with van der Waals surface area (Å²) in [5.41, 5.74) is 4.55. The fourth-order valence-electron chi connectivity index (χ4n) is 11.3. The number of methoxy groups -OCH3 is 1. The number of nitrogens with one attached hydrogen (secondary N) is 3. The van der Waals surface area contributed by atoms with Gasteiger partial charge in [-0.1, -0.05) is 58.0 Å². The number of alkyl carbamates (subject to hydrolysis) is 1. The van der Waals surface area contributed by atoms with Gasteiger partial charge in [-0.05, 0) is 108 Å². The lowest BCUT2D eigenvalue weighted by molar-refractivity contribution is -0.139. The summed E-state index contributed by atoms with van der Waals surface area (Å²) in [5.74, 6) is -2.71. The topological polar surface area (TPSA) is 177 Å². The maximum Gasteiger partial charge on any atom is 0.407 e. The fourth-order valence-corrected chi connectivity index (χ4v) is 11.3. The predicted octanol–water partition coefficient (Wildman–Crippen LogP) is 8.86. The number of likely N-dealkylation sites (N-methyl/N-ethyl adjacent to an activating group) is 1. The number of amides is 4. The second-order valence-corrected chi connectivity index (χ2v) is 19.7. The second kappa shape index (κ2) is 15.4. The summed E-state index contributed by atoms with van der Waals surface area (Å²) >= 11 is 0. The van der Waals surface area contributed by atoms with E-state index in [1.807, 2.05) is 56.9 Å². The van der Waals surface area contributed by atoms with E-state index in [9.17, 15) is 24.3 Å². The average molecular weight is 889 g/mol. The lowest BCUT2D eigenvalue weighted by Gasteiger charge is -2.37. The van der Waals surface area contributed by atoms with E-state index < -0.39 is 36.2 Å². The molecule has 3 aromatic carbocycles. The Kier molecular flexibility index (Phi) is 10.1. The maximum absolute atomic E-state index is 16.7. The molecule has 2 aliphatic heterocycles. The Morgan fingerprint density at radius 1 is 0.892 bits per heavy atom. The number of H-pyrrole nitrogens is 2. The number of ether oxygens (including phenoxy) is 1. The van der Waals surface area contributed by atoms with Crippen LogP contribution >= 0.6 is 0 Å². The molecule has 65 heavy (non-hydrogen) atoms. The van der Waals surface area contributed by atoms with Crippen LogP contribution in [0.4, 0.5) is 18.4 Å². The molecule has 6 atom stereocenters. The van der Waals surface area contributed by atoms with E-state index in [0.717, 1.165) is 48.1 Å². The summed E-state index contributed by atoms with van der Waals surface area (Å²) < 4.78 is 38.2. The third kappa shape index (κ3) is 7.01. The van der Waals surface area contributed by atoms with Crippen LogP contribution in [0.3, 0.4) is 0 Å². The smallest absolute Gasteiger partial charge is 0.407 e. The number of likely N-dealkylation sites (tertiary alicyclic amines) is 2. The van der Waals surface area contributed by atoms with Gasteiger partial charge in [0.25, 0.3) is 5.92 Å². The molecular weight excluding hydrogens is 835 g/mol. The highest BCUT2D eigenvalue weighted by molar-refractivity contribution is 5.89. The van der Waals surface area contributed by atoms with Gasteiger partial charge in [0.15, 0.2) is 0 Å². The van der Waals surface area contributed by atoms with Gasteiger partial charge >= 0.3 is 12.2 Å². The van der Waals surface area contributed by atoms with Crippen LogP contribution in [0.1, 0.15) is 101 Å². The SMILES string of the molecule is COC(=O)N[C@H](C(=O)N1[C@@H]2CC[C@@H](C2)[C@H]1c1nc2ccc(-c3ccc4c(c3)C(F)(F)c3cc(-c5cnc([C@@H]6CC7(CC7)CN6C(=O)[C@H](C(C)C)N(C)C(=O)O)[nH]5)ccc3-4)cc2[nH]1)C(C)C. The van der Waals surface area contributed by atoms with Gasteiger partial charge in [0, 0.05) is 36.3 Å². The highest BCUT2D eigenvalue weighted by Gasteiger charge is 2.56. The third-order valence-corrected chi connectivity index (χ3v) is 14.9. The van der Waals surface area contributed by atoms with E-state index in [1.165, 1.54) is 20.2 Å². The molecule has 0 radical (unpaired) electrons. The van der Waals surface area contributed by atoms with Crippen molar-refractivity contribution < 1.29 is 37.8 Å². The minimum absolute atomic E-state index is 0.0210. The largest absolute Gasteiger partial charge is 0.465 e. The Hall–Kier alpha value is -6.32. The number of piperidine rings is 1. The summed E-state index contributed by atoms with van der Waals surface area (Å²) in [6.45, 7) is 7.97. The molecule has 4 amide bonds. The molecule has 2 aromatic heterocycles. The van der Waals surface area contributed by atoms with Crippen LogP contribution in [0.25, 0.3) is 44.5 Å². The van der Waals surface area contributed by atoms with Crippen molar-refractivity contribution in [2.45, 2.75) is 102 Å². The van der Waals surface area contributed by atoms with E-state index in [2.05, 4.69) is 20.3 Å². The Labute approximate surface area is 375 Å². The Balaban J connectivity index is 0.900. The fraction of sp³-hybridized carbons (Fsp3) is 0.469. The number of benzene rings is 3. The molecule has 3 aliphatic carbocycles. The summed E-state index contributed by atoms with van der Waals surface area (Å²) in [7, 11) is 2.70. The van der Waals surface area contributed by atoms with Crippen molar-refractivity contribution >= 4 is 35.0 Å². The normalized spacial score (nSPS) is 23.0. The lowest BCUT2D eigenvalue weighted by Crippen LogP contribution is -2.54. The molecule has 4 N–H and O–H groups in total. The number of alkyl halides is 2. The molecule has 2 saturated heterocycles. The lowest BCUT2D eigenvalue weighted by atomic mass is 9.95. The van der Waals surface area contributed by atoms with Crippen molar-refractivity contribution in [2.75, 3.05) is 20.7 Å². The van der Waals surface area contributed by atoms with E-state index in [4.69, 9.17) is 9.72 Å². The number of hydrogen-bond donors (Lipinski definition) is 4. The van der Waals surface area contributed by atoms with Crippen molar-refractivity contribution in [3.63, 3.8) is 0 Å². The van der Waals surface area contributed by atoms with Gasteiger partial charge in [-0.3, -0.25) is 14.5 Å². The summed E-state index contributed by atoms with van der Waals surface area (Å²) in [6.07, 6.45) is 5.14. The molecule has 2 bridgehead atoms. The van der Waals surface area contributed by atoms with Crippen LogP contribution in [0.5, 0.6) is 0 Å². The Morgan fingerprint density at radius 2 is 1.57 bits per heavy atom. The number of hydrogen-bond acceptors (Lipinski definition) is 7. The number of carbonyl (C=O) groups is 4. The first-order valence-corrected chi connectivity index (χ1v) is 22.6. The number of rotatable bonds is 10. The number of fused-ring (bicyclic) bond motifs is 6. The monoisotopic (exact) mass is 888 g/mol. The average Bonchev–Trinajstić information content (AvgIpc) is 3.94. The summed E-state index contributed by atoms with van der Waals surface area (Å²) in [4.78, 5) is 73.4. The van der Waals surface area contributed by atoms with Gasteiger partial charge in [-0.25, -0.2) is 19.6 Å². The zero-order valence-electron chi connectivity index (χ0n) is 37.3. The maximum atomic E-state index is 16.7. The minimum Gasteiger partial charge on any atom is -0.465 e. The minimum atomic E-state index is -3.30. The van der Waals surface area contributed by atoms with Crippen LogP contribution in [0.15, 0.2) is 60.8 Å². The molecule has 16 heteroatoms. The first kappa shape index (κ1) is 42.6. The zero-order valence-corrected chi connectivity index (χ0v) is 37.3. The highest BCUT2D eigenvalue weighted by Crippen LogP contribution is 2.59. The standard InChI is InChI=1S/C49H54F2N8O6/c1-24(2)39(56-46(62)65-6)44(60)59-30-11-7-29(17-30)41(59)43-53-35-14-10-27(20-36(35)54-43)26-8-12-31-32-13-9-28(19-34(32)49(50,51)33(31)18-26)37-22-52-42(55-37)38-21-48(15-16-48)23-58(38)45(61)40(25(3)4)57(5)47(63)64/h8-10,12-14,18-20,22,24-25,29-30,38-41H,7,11,15-17,21,23H2,1-6H3,(H,52,55)(H,53,54)(H,56,62)(H,63,64)/t29-,30+,38-,39-,40-,41-/m0/s1. The van der Waals surface area contributed by atoms with Crippen LogP contribution in [0, 0.1) is 23.2 Å². The quantitative estimate of drug-likeness (QED) is 0.108. The van der Waals surface area contributed by atoms with E-state index in [1.54, 1.807) is 35.4 Å². The predicted molar refractivity (Wildman–Crippen MR) is 238 cm³/mol. The Morgan fingerprint density at radius 3 is 2.23 bits per heavy atom. The number of carbonyl (C=O) groups excluding carboxylic acids is 3. The van der Waals surface area contributed by atoms with Gasteiger partial charge in [0.2, 0.25) is 11.8 Å². The number of halogens is 2. The van der Waals surface area contributed by atoms with Crippen LogP contribution in [-0.2, 0) is 20.2 Å². The van der Waals surface area contributed by atoms with Crippen molar-refractivity contribution in [3.05, 3.63) is 83.6 Å². The molecule has 4 heterocycles. The number of aromatic nitrogens is 4. The molecule has 5 aromatic rings.